The molecule has 0 bridgehead atoms. The van der Waals surface area contributed by atoms with E-state index in [1.54, 1.807) is 12.0 Å². The number of ether oxygens (including phenoxy) is 1. The molecule has 3 unspecified atom stereocenters. The van der Waals surface area contributed by atoms with Gasteiger partial charge in [-0.2, -0.15) is 0 Å². The number of rotatable bonds is 9. The molecule has 0 aromatic heterocycles. The Hall–Kier alpha value is -2.45. The highest BCUT2D eigenvalue weighted by molar-refractivity contribution is 6.04. The molecule has 36 heavy (non-hydrogen) atoms. The van der Waals surface area contributed by atoms with Crippen molar-refractivity contribution in [1.29, 1.82) is 0 Å². The lowest BCUT2D eigenvalue weighted by molar-refractivity contribution is -0.134. The van der Waals surface area contributed by atoms with Crippen molar-refractivity contribution in [1.82, 2.24) is 19.6 Å². The number of benzene rings is 1. The zero-order valence-electron chi connectivity index (χ0n) is 21.6. The van der Waals surface area contributed by atoms with Crippen LogP contribution in [0.1, 0.15) is 56.1 Å². The van der Waals surface area contributed by atoms with E-state index in [2.05, 4.69) is 4.90 Å². The second-order valence-electron chi connectivity index (χ2n) is 10.8. The standard InChI is InChI=1S/C28H40N4O4/c1-36-17-16-30(19-23-10-6-14-29-13-5-4-11-24(23)29)26(33)12-7-15-31-27(34)25-18-21-8-2-3-9-22(21)20-32(25)28(31)35/h2-3,8-9,23-25H,4-7,10-20H2,1H3. The fraction of sp³-hybridized carbons (Fsp3) is 0.679. The van der Waals surface area contributed by atoms with Crippen LogP contribution in [0.3, 0.4) is 0 Å². The number of carbonyl (C=O) groups is 3. The van der Waals surface area contributed by atoms with Gasteiger partial charge in [0.15, 0.2) is 0 Å². The Balaban J connectivity index is 1.16. The maximum Gasteiger partial charge on any atom is 0.327 e. The average Bonchev–Trinajstić information content (AvgIpc) is 3.13. The van der Waals surface area contributed by atoms with Gasteiger partial charge >= 0.3 is 6.03 Å². The van der Waals surface area contributed by atoms with Gasteiger partial charge in [-0.25, -0.2) is 4.79 Å². The number of amides is 4. The Bertz CT molecular complexity index is 924. The van der Waals surface area contributed by atoms with Crippen molar-refractivity contribution in [3.05, 3.63) is 35.4 Å². The minimum Gasteiger partial charge on any atom is -0.383 e. The van der Waals surface area contributed by atoms with Crippen LogP contribution in [-0.4, -0.2) is 96.0 Å². The maximum atomic E-state index is 13.3. The lowest BCUT2D eigenvalue weighted by atomic mass is 9.83. The number of hydrogen-bond donors (Lipinski definition) is 0. The van der Waals surface area contributed by atoms with E-state index in [0.29, 0.717) is 57.5 Å². The lowest BCUT2D eigenvalue weighted by Crippen LogP contribution is -2.52. The van der Waals surface area contributed by atoms with Crippen LogP contribution in [0, 0.1) is 5.92 Å². The minimum atomic E-state index is -0.411. The highest BCUT2D eigenvalue weighted by atomic mass is 16.5. The van der Waals surface area contributed by atoms with Crippen LogP contribution >= 0.6 is 0 Å². The van der Waals surface area contributed by atoms with E-state index in [4.69, 9.17) is 4.74 Å². The van der Waals surface area contributed by atoms with Gasteiger partial charge in [0, 0.05) is 52.2 Å². The van der Waals surface area contributed by atoms with Crippen LogP contribution in [0.15, 0.2) is 24.3 Å². The summed E-state index contributed by atoms with van der Waals surface area (Å²) in [6.07, 6.45) is 7.58. The highest BCUT2D eigenvalue weighted by Gasteiger charge is 2.46. The Kier molecular flexibility index (Phi) is 7.91. The molecule has 3 saturated heterocycles. The van der Waals surface area contributed by atoms with Crippen molar-refractivity contribution in [3.8, 4) is 0 Å². The highest BCUT2D eigenvalue weighted by Crippen LogP contribution is 2.32. The molecule has 0 N–H and O–H groups in total. The van der Waals surface area contributed by atoms with E-state index in [1.807, 2.05) is 29.2 Å². The number of urea groups is 1. The molecule has 8 heteroatoms. The summed E-state index contributed by atoms with van der Waals surface area (Å²) in [4.78, 5) is 47.0. The number of fused-ring (bicyclic) bond motifs is 3. The lowest BCUT2D eigenvalue weighted by Gasteiger charge is -2.45. The van der Waals surface area contributed by atoms with E-state index in [9.17, 15) is 14.4 Å². The average molecular weight is 497 g/mol. The third kappa shape index (κ3) is 5.16. The monoisotopic (exact) mass is 496 g/mol. The maximum absolute atomic E-state index is 13.3. The normalized spacial score (nSPS) is 26.0. The second kappa shape index (κ2) is 11.3. The summed E-state index contributed by atoms with van der Waals surface area (Å²) in [6.45, 7) is 5.04. The van der Waals surface area contributed by atoms with Crippen LogP contribution in [0.4, 0.5) is 4.79 Å². The predicted molar refractivity (Wildman–Crippen MR) is 136 cm³/mol. The molecule has 0 radical (unpaired) electrons. The first-order chi connectivity index (χ1) is 17.6. The van der Waals surface area contributed by atoms with Gasteiger partial charge < -0.3 is 19.4 Å². The molecule has 1 aromatic rings. The summed E-state index contributed by atoms with van der Waals surface area (Å²) in [6, 6.07) is 7.98. The van der Waals surface area contributed by atoms with Gasteiger partial charge in [-0.05, 0) is 62.2 Å². The number of carbonyl (C=O) groups excluding carboxylic acids is 3. The van der Waals surface area contributed by atoms with Crippen LogP contribution in [0.25, 0.3) is 0 Å². The molecule has 4 amide bonds. The van der Waals surface area contributed by atoms with E-state index in [0.717, 1.165) is 17.7 Å². The summed E-state index contributed by atoms with van der Waals surface area (Å²) in [5, 5.41) is 0. The van der Waals surface area contributed by atoms with Crippen molar-refractivity contribution in [3.63, 3.8) is 0 Å². The molecular formula is C28H40N4O4. The topological polar surface area (TPSA) is 73.4 Å². The number of hydrogen-bond acceptors (Lipinski definition) is 5. The molecule has 0 aliphatic carbocycles. The minimum absolute atomic E-state index is 0.101. The Morgan fingerprint density at radius 3 is 2.72 bits per heavy atom. The molecule has 4 heterocycles. The third-order valence-corrected chi connectivity index (χ3v) is 8.65. The van der Waals surface area contributed by atoms with Gasteiger partial charge in [0.25, 0.3) is 5.91 Å². The molecule has 196 valence electrons. The van der Waals surface area contributed by atoms with Gasteiger partial charge in [0.2, 0.25) is 5.91 Å². The molecule has 1 aromatic carbocycles. The number of imide groups is 1. The smallest absolute Gasteiger partial charge is 0.327 e. The molecular weight excluding hydrogens is 456 g/mol. The Morgan fingerprint density at radius 2 is 1.89 bits per heavy atom. The first-order valence-corrected chi connectivity index (χ1v) is 13.8. The fourth-order valence-electron chi connectivity index (χ4n) is 6.72. The number of methoxy groups -OCH3 is 1. The quantitative estimate of drug-likeness (QED) is 0.492. The van der Waals surface area contributed by atoms with Crippen molar-refractivity contribution >= 4 is 17.8 Å². The molecule has 0 saturated carbocycles. The van der Waals surface area contributed by atoms with Gasteiger partial charge in [0.05, 0.1) is 6.61 Å². The third-order valence-electron chi connectivity index (χ3n) is 8.65. The van der Waals surface area contributed by atoms with Crippen molar-refractivity contribution in [2.24, 2.45) is 5.92 Å². The summed E-state index contributed by atoms with van der Waals surface area (Å²) < 4.78 is 5.31. The fourth-order valence-corrected chi connectivity index (χ4v) is 6.72. The SMILES string of the molecule is COCCN(CC1CCCN2CCCCC12)C(=O)CCCN1C(=O)C2Cc3ccccc3CN2C1=O. The molecule has 3 atom stereocenters. The summed E-state index contributed by atoms with van der Waals surface area (Å²) in [7, 11) is 1.67. The number of piperidine rings is 2. The van der Waals surface area contributed by atoms with E-state index in [1.165, 1.54) is 50.1 Å². The van der Waals surface area contributed by atoms with Gasteiger partial charge in [-0.1, -0.05) is 30.7 Å². The first kappa shape index (κ1) is 25.2. The zero-order chi connectivity index (χ0) is 25.1. The van der Waals surface area contributed by atoms with Gasteiger partial charge in [-0.3, -0.25) is 14.5 Å². The number of nitrogens with zero attached hydrogens (tertiary/aromatic N) is 4. The molecule has 4 aliphatic rings. The summed E-state index contributed by atoms with van der Waals surface area (Å²) in [5.41, 5.74) is 2.25. The van der Waals surface area contributed by atoms with Crippen molar-refractivity contribution in [2.45, 2.75) is 70.0 Å². The van der Waals surface area contributed by atoms with E-state index >= 15 is 0 Å². The summed E-state index contributed by atoms with van der Waals surface area (Å²) in [5.74, 6) is 0.487. The predicted octanol–water partition coefficient (Wildman–Crippen LogP) is 2.90. The molecule has 3 fully saturated rings. The largest absolute Gasteiger partial charge is 0.383 e. The Labute approximate surface area is 214 Å². The van der Waals surface area contributed by atoms with E-state index in [-0.39, 0.29) is 17.8 Å². The van der Waals surface area contributed by atoms with Gasteiger partial charge in [0.1, 0.15) is 6.04 Å². The molecule has 4 aliphatic heterocycles. The Morgan fingerprint density at radius 1 is 1.08 bits per heavy atom. The van der Waals surface area contributed by atoms with Crippen molar-refractivity contribution < 1.29 is 19.1 Å². The van der Waals surface area contributed by atoms with Crippen LogP contribution in [-0.2, 0) is 27.3 Å². The molecule has 0 spiro atoms. The molecule has 5 rings (SSSR count). The van der Waals surface area contributed by atoms with Crippen LogP contribution in [0.2, 0.25) is 0 Å². The van der Waals surface area contributed by atoms with Gasteiger partial charge in [-0.15, -0.1) is 0 Å². The molecule has 8 nitrogen and oxygen atoms in total. The van der Waals surface area contributed by atoms with E-state index < -0.39 is 6.04 Å². The van der Waals surface area contributed by atoms with Crippen LogP contribution < -0.4 is 0 Å². The first-order valence-electron chi connectivity index (χ1n) is 13.8. The second-order valence-corrected chi connectivity index (χ2v) is 10.8. The zero-order valence-corrected chi connectivity index (χ0v) is 21.6. The van der Waals surface area contributed by atoms with Crippen molar-refractivity contribution in [2.75, 3.05) is 46.4 Å². The summed E-state index contributed by atoms with van der Waals surface area (Å²) >= 11 is 0. The van der Waals surface area contributed by atoms with Crippen LogP contribution in [0.5, 0.6) is 0 Å².